The van der Waals surface area contributed by atoms with Crippen molar-refractivity contribution in [3.63, 3.8) is 0 Å². The highest BCUT2D eigenvalue weighted by Gasteiger charge is 2.48. The molecule has 0 spiro atoms. The number of hydrogen-bond acceptors (Lipinski definition) is 4. The van der Waals surface area contributed by atoms with Gasteiger partial charge < -0.3 is 15.5 Å². The third-order valence-electron chi connectivity index (χ3n) is 7.77. The fraction of sp³-hybridized carbons (Fsp3) is 0.818. The van der Waals surface area contributed by atoms with E-state index in [1.165, 1.54) is 0 Å². The molecular weight excluding hydrogens is 441 g/mol. The summed E-state index contributed by atoms with van der Waals surface area (Å²) in [6, 6.07) is -2.12. The minimum absolute atomic E-state index is 0.0337. The zero-order chi connectivity index (χ0) is 23.8. The first-order chi connectivity index (χ1) is 15.6. The summed E-state index contributed by atoms with van der Waals surface area (Å²) < 4.78 is 39.7. The van der Waals surface area contributed by atoms with Crippen LogP contribution in [0.15, 0.2) is 0 Å². The van der Waals surface area contributed by atoms with Gasteiger partial charge in [-0.1, -0.05) is 12.8 Å². The van der Waals surface area contributed by atoms with Crippen molar-refractivity contribution in [3.8, 4) is 0 Å². The number of nitrogens with zero attached hydrogens (tertiary/aromatic N) is 1. The molecule has 4 aliphatic rings. The number of piperidine rings is 1. The Morgan fingerprint density at radius 3 is 2.55 bits per heavy atom. The lowest BCUT2D eigenvalue weighted by atomic mass is 9.75. The molecule has 8 nitrogen and oxygen atoms in total. The molecule has 184 valence electrons. The Morgan fingerprint density at radius 1 is 1.06 bits per heavy atom. The Bertz CT molecular complexity index is 805. The second-order valence-corrected chi connectivity index (χ2v) is 9.90. The lowest BCUT2D eigenvalue weighted by molar-refractivity contribution is -0.187. The molecule has 2 saturated heterocycles. The van der Waals surface area contributed by atoms with Gasteiger partial charge in [0.15, 0.2) is 0 Å². The predicted molar refractivity (Wildman–Crippen MR) is 111 cm³/mol. The van der Waals surface area contributed by atoms with Gasteiger partial charge in [-0.3, -0.25) is 19.7 Å². The number of amides is 5. The van der Waals surface area contributed by atoms with Crippen LogP contribution in [0.1, 0.15) is 57.8 Å². The zero-order valence-corrected chi connectivity index (χ0v) is 18.5. The Labute approximate surface area is 190 Å². The molecule has 11 heteroatoms. The average molecular weight is 473 g/mol. The van der Waals surface area contributed by atoms with Crippen LogP contribution in [-0.4, -0.2) is 60.0 Å². The maximum atomic E-state index is 13.2. The molecule has 4 rings (SSSR count). The van der Waals surface area contributed by atoms with Crippen molar-refractivity contribution in [2.45, 2.75) is 76.0 Å². The lowest BCUT2D eigenvalue weighted by Gasteiger charge is -2.34. The van der Waals surface area contributed by atoms with Gasteiger partial charge in [0, 0.05) is 31.5 Å². The van der Waals surface area contributed by atoms with Gasteiger partial charge in [0.1, 0.15) is 6.04 Å². The van der Waals surface area contributed by atoms with Crippen LogP contribution in [0.25, 0.3) is 0 Å². The number of halogens is 3. The van der Waals surface area contributed by atoms with Crippen LogP contribution >= 0.6 is 0 Å². The van der Waals surface area contributed by atoms with E-state index in [1.54, 1.807) is 4.90 Å². The van der Waals surface area contributed by atoms with Crippen LogP contribution in [0.5, 0.6) is 0 Å². The maximum Gasteiger partial charge on any atom is 0.393 e. The van der Waals surface area contributed by atoms with E-state index in [9.17, 15) is 32.3 Å². The fourth-order valence-electron chi connectivity index (χ4n) is 5.99. The number of carbonyl (C=O) groups excluding carboxylic acids is 4. The second kappa shape index (κ2) is 9.50. The standard InChI is InChI=1S/C22H31F3N4O4/c23-22(24,25)15-3-1-2-4-16(15)27-21(33)26-10-12-5-6-13-11-29(20(32)14(13)9-12)17-7-8-18(30)28-19(17)31/h12-17H,1-11H2,(H2,26,27,33)(H,28,30,31). The molecule has 0 aromatic heterocycles. The Hall–Kier alpha value is -2.33. The largest absolute Gasteiger partial charge is 0.393 e. The van der Waals surface area contributed by atoms with E-state index < -0.39 is 36.1 Å². The summed E-state index contributed by atoms with van der Waals surface area (Å²) >= 11 is 0. The maximum absolute atomic E-state index is 13.2. The second-order valence-electron chi connectivity index (χ2n) is 9.90. The Morgan fingerprint density at radius 2 is 1.82 bits per heavy atom. The molecule has 2 aliphatic heterocycles. The fourth-order valence-corrected chi connectivity index (χ4v) is 5.99. The highest BCUT2D eigenvalue weighted by molar-refractivity contribution is 6.02. The monoisotopic (exact) mass is 472 g/mol. The summed E-state index contributed by atoms with van der Waals surface area (Å²) in [6.45, 7) is 0.793. The van der Waals surface area contributed by atoms with Gasteiger partial charge in [0.05, 0.1) is 5.92 Å². The number of nitrogens with one attached hydrogen (secondary N) is 3. The number of alkyl halides is 3. The van der Waals surface area contributed by atoms with E-state index in [0.29, 0.717) is 45.2 Å². The van der Waals surface area contributed by atoms with Crippen molar-refractivity contribution in [1.29, 1.82) is 0 Å². The molecule has 6 unspecified atom stereocenters. The molecule has 0 aromatic rings. The SMILES string of the molecule is O=C1CCC(N2CC3CCC(CNC(=O)NC4CCCCC4C(F)(F)F)CC3C2=O)C(=O)N1. The molecule has 2 saturated carbocycles. The first-order valence-electron chi connectivity index (χ1n) is 11.9. The van der Waals surface area contributed by atoms with Crippen LogP contribution in [-0.2, 0) is 14.4 Å². The summed E-state index contributed by atoms with van der Waals surface area (Å²) in [7, 11) is 0. The van der Waals surface area contributed by atoms with Crippen molar-refractivity contribution in [1.82, 2.24) is 20.9 Å². The number of fused-ring (bicyclic) bond motifs is 1. The van der Waals surface area contributed by atoms with Crippen LogP contribution in [0, 0.1) is 23.7 Å². The van der Waals surface area contributed by atoms with Crippen LogP contribution < -0.4 is 16.0 Å². The molecule has 0 bridgehead atoms. The predicted octanol–water partition coefficient (Wildman–Crippen LogP) is 2.09. The number of rotatable bonds is 4. The molecule has 0 aromatic carbocycles. The normalized spacial score (nSPS) is 35.1. The molecule has 3 N–H and O–H groups in total. The smallest absolute Gasteiger partial charge is 0.338 e. The van der Waals surface area contributed by atoms with Gasteiger partial charge >= 0.3 is 12.2 Å². The topological polar surface area (TPSA) is 108 Å². The van der Waals surface area contributed by atoms with Crippen molar-refractivity contribution in [2.75, 3.05) is 13.1 Å². The lowest BCUT2D eigenvalue weighted by Crippen LogP contribution is -2.53. The van der Waals surface area contributed by atoms with E-state index in [2.05, 4.69) is 16.0 Å². The number of likely N-dealkylation sites (tertiary alicyclic amines) is 1. The van der Waals surface area contributed by atoms with Crippen LogP contribution in [0.3, 0.4) is 0 Å². The van der Waals surface area contributed by atoms with E-state index in [-0.39, 0.29) is 42.4 Å². The highest BCUT2D eigenvalue weighted by atomic mass is 19.4. The molecule has 33 heavy (non-hydrogen) atoms. The molecule has 2 aliphatic carbocycles. The number of hydrogen-bond donors (Lipinski definition) is 3. The van der Waals surface area contributed by atoms with E-state index in [4.69, 9.17) is 0 Å². The van der Waals surface area contributed by atoms with Crippen LogP contribution in [0.4, 0.5) is 18.0 Å². The third kappa shape index (κ3) is 5.27. The summed E-state index contributed by atoms with van der Waals surface area (Å²) in [5.41, 5.74) is 0. The summed E-state index contributed by atoms with van der Waals surface area (Å²) in [5.74, 6) is -2.38. The number of imide groups is 1. The molecular formula is C22H31F3N4O4. The minimum atomic E-state index is -4.33. The first-order valence-corrected chi connectivity index (χ1v) is 11.9. The molecule has 4 fully saturated rings. The molecule has 2 heterocycles. The van der Waals surface area contributed by atoms with Crippen molar-refractivity contribution >= 4 is 23.8 Å². The van der Waals surface area contributed by atoms with Crippen molar-refractivity contribution in [3.05, 3.63) is 0 Å². The van der Waals surface area contributed by atoms with E-state index in [0.717, 1.165) is 12.8 Å². The Kier molecular flexibility index (Phi) is 6.86. The minimum Gasteiger partial charge on any atom is -0.338 e. The summed E-state index contributed by atoms with van der Waals surface area (Å²) in [5, 5.41) is 7.52. The molecule has 5 amide bonds. The van der Waals surface area contributed by atoms with Gasteiger partial charge in [0.25, 0.3) is 0 Å². The molecule has 6 atom stereocenters. The van der Waals surface area contributed by atoms with Gasteiger partial charge in [-0.2, -0.15) is 13.2 Å². The summed E-state index contributed by atoms with van der Waals surface area (Å²) in [6.07, 6.45) is -0.0983. The van der Waals surface area contributed by atoms with Gasteiger partial charge in [-0.25, -0.2) is 4.79 Å². The highest BCUT2D eigenvalue weighted by Crippen LogP contribution is 2.41. The van der Waals surface area contributed by atoms with Gasteiger partial charge in [-0.05, 0) is 50.4 Å². The average Bonchev–Trinajstić information content (AvgIpc) is 3.08. The van der Waals surface area contributed by atoms with Crippen molar-refractivity contribution < 1.29 is 32.3 Å². The van der Waals surface area contributed by atoms with E-state index >= 15 is 0 Å². The Balaban J connectivity index is 1.27. The van der Waals surface area contributed by atoms with Gasteiger partial charge in [0.2, 0.25) is 17.7 Å². The number of urea groups is 1. The van der Waals surface area contributed by atoms with Crippen molar-refractivity contribution in [2.24, 2.45) is 23.7 Å². The number of carbonyl (C=O) groups is 4. The van der Waals surface area contributed by atoms with Gasteiger partial charge in [-0.15, -0.1) is 0 Å². The molecule has 0 radical (unpaired) electrons. The van der Waals surface area contributed by atoms with E-state index in [1.807, 2.05) is 0 Å². The zero-order valence-electron chi connectivity index (χ0n) is 18.5. The quantitative estimate of drug-likeness (QED) is 0.545. The summed E-state index contributed by atoms with van der Waals surface area (Å²) in [4.78, 5) is 50.5. The van der Waals surface area contributed by atoms with Crippen LogP contribution in [0.2, 0.25) is 0 Å². The first kappa shape index (κ1) is 23.8. The third-order valence-corrected chi connectivity index (χ3v) is 7.77.